The molecule has 2 heterocycles. The first-order valence-electron chi connectivity index (χ1n) is 9.97. The molecule has 30 heavy (non-hydrogen) atoms. The standard InChI is InChI=1S/C22H23FN2O4S/c1-15-18-10-7-11-19(23)21(18)29-20(15)22(26)24-16-8-6-9-17(14-16)30(27,28)25-12-4-2-3-5-13-25/h6-11,14H,2-5,12-13H2,1H3,(H,24,26). The highest BCUT2D eigenvalue weighted by Gasteiger charge is 2.26. The van der Waals surface area contributed by atoms with Crippen molar-refractivity contribution >= 4 is 32.6 Å². The van der Waals surface area contributed by atoms with Crippen molar-refractivity contribution in [3.63, 3.8) is 0 Å². The monoisotopic (exact) mass is 430 g/mol. The molecule has 0 unspecified atom stereocenters. The Labute approximate surface area is 174 Å². The van der Waals surface area contributed by atoms with Crippen LogP contribution in [0.1, 0.15) is 41.8 Å². The molecule has 0 bridgehead atoms. The highest BCUT2D eigenvalue weighted by atomic mass is 32.2. The van der Waals surface area contributed by atoms with Crippen molar-refractivity contribution in [1.82, 2.24) is 4.31 Å². The smallest absolute Gasteiger partial charge is 0.291 e. The number of benzene rings is 2. The molecule has 3 aromatic rings. The fraction of sp³-hybridized carbons (Fsp3) is 0.318. The predicted molar refractivity (Wildman–Crippen MR) is 113 cm³/mol. The molecule has 1 aliphatic rings. The number of amides is 1. The minimum atomic E-state index is -3.63. The van der Waals surface area contributed by atoms with Crippen LogP contribution in [0, 0.1) is 12.7 Å². The lowest BCUT2D eigenvalue weighted by Gasteiger charge is -2.20. The van der Waals surface area contributed by atoms with Gasteiger partial charge in [-0.3, -0.25) is 4.79 Å². The fourth-order valence-corrected chi connectivity index (χ4v) is 5.34. The summed E-state index contributed by atoms with van der Waals surface area (Å²) in [6, 6.07) is 10.7. The molecule has 1 aromatic heterocycles. The summed E-state index contributed by atoms with van der Waals surface area (Å²) >= 11 is 0. The van der Waals surface area contributed by atoms with Gasteiger partial charge in [0.05, 0.1) is 4.90 Å². The molecular formula is C22H23FN2O4S. The number of carbonyl (C=O) groups excluding carboxylic acids is 1. The predicted octanol–water partition coefficient (Wildman–Crippen LogP) is 4.70. The Morgan fingerprint density at radius 2 is 1.77 bits per heavy atom. The Bertz CT molecular complexity index is 1200. The van der Waals surface area contributed by atoms with Crippen molar-refractivity contribution in [2.24, 2.45) is 0 Å². The van der Waals surface area contributed by atoms with Crippen LogP contribution in [0.5, 0.6) is 0 Å². The highest BCUT2D eigenvalue weighted by Crippen LogP contribution is 2.28. The van der Waals surface area contributed by atoms with Crippen molar-refractivity contribution in [1.29, 1.82) is 0 Å². The number of para-hydroxylation sites is 1. The number of halogens is 1. The summed E-state index contributed by atoms with van der Waals surface area (Å²) in [4.78, 5) is 12.9. The molecule has 1 N–H and O–H groups in total. The number of nitrogens with one attached hydrogen (secondary N) is 1. The van der Waals surface area contributed by atoms with Crippen LogP contribution in [0.15, 0.2) is 51.8 Å². The Morgan fingerprint density at radius 1 is 1.07 bits per heavy atom. The average Bonchev–Trinajstić information content (AvgIpc) is 2.90. The van der Waals surface area contributed by atoms with Crippen LogP contribution in [0.25, 0.3) is 11.0 Å². The van der Waals surface area contributed by atoms with Gasteiger partial charge in [-0.05, 0) is 44.0 Å². The minimum absolute atomic E-state index is 0.00382. The van der Waals surface area contributed by atoms with Crippen LogP contribution in [-0.4, -0.2) is 31.7 Å². The van der Waals surface area contributed by atoms with Gasteiger partial charge in [-0.15, -0.1) is 0 Å². The molecule has 0 spiro atoms. The van der Waals surface area contributed by atoms with Crippen molar-refractivity contribution < 1.29 is 22.0 Å². The number of nitrogens with zero attached hydrogens (tertiary/aromatic N) is 1. The number of carbonyl (C=O) groups is 1. The third kappa shape index (κ3) is 3.85. The van der Waals surface area contributed by atoms with Gasteiger partial charge in [0.15, 0.2) is 17.2 Å². The molecule has 1 aliphatic heterocycles. The number of anilines is 1. The molecular weight excluding hydrogens is 407 g/mol. The summed E-state index contributed by atoms with van der Waals surface area (Å²) in [5, 5.41) is 3.19. The average molecular weight is 431 g/mol. The molecule has 158 valence electrons. The second-order valence-electron chi connectivity index (χ2n) is 7.47. The van der Waals surface area contributed by atoms with Crippen LogP contribution < -0.4 is 5.32 Å². The van der Waals surface area contributed by atoms with Crippen LogP contribution in [0.2, 0.25) is 0 Å². The third-order valence-corrected chi connectivity index (χ3v) is 7.31. The summed E-state index contributed by atoms with van der Waals surface area (Å²) in [7, 11) is -3.63. The first-order valence-corrected chi connectivity index (χ1v) is 11.4. The van der Waals surface area contributed by atoms with Crippen molar-refractivity contribution in [2.75, 3.05) is 18.4 Å². The number of furan rings is 1. The zero-order chi connectivity index (χ0) is 21.3. The number of fused-ring (bicyclic) bond motifs is 1. The molecule has 4 rings (SSSR count). The molecule has 1 fully saturated rings. The fourth-order valence-electron chi connectivity index (χ4n) is 3.78. The molecule has 2 aromatic carbocycles. The van der Waals surface area contributed by atoms with E-state index in [1.54, 1.807) is 31.2 Å². The molecule has 0 atom stereocenters. The van der Waals surface area contributed by atoms with Crippen LogP contribution in [0.4, 0.5) is 10.1 Å². The van der Waals surface area contributed by atoms with Gasteiger partial charge in [0, 0.05) is 29.7 Å². The third-order valence-electron chi connectivity index (χ3n) is 5.42. The van der Waals surface area contributed by atoms with Crippen LogP contribution in [-0.2, 0) is 10.0 Å². The van der Waals surface area contributed by atoms with Gasteiger partial charge in [-0.25, -0.2) is 12.8 Å². The summed E-state index contributed by atoms with van der Waals surface area (Å²) in [6.45, 7) is 2.69. The summed E-state index contributed by atoms with van der Waals surface area (Å²) in [6.07, 6.45) is 3.74. The van der Waals surface area contributed by atoms with Gasteiger partial charge in [0.25, 0.3) is 5.91 Å². The zero-order valence-corrected chi connectivity index (χ0v) is 17.5. The summed E-state index contributed by atoms with van der Waals surface area (Å²) in [5.41, 5.74) is 0.879. The number of hydrogen-bond donors (Lipinski definition) is 1. The topological polar surface area (TPSA) is 79.6 Å². The number of rotatable bonds is 4. The summed E-state index contributed by atoms with van der Waals surface area (Å²) < 4.78 is 46.9. The van der Waals surface area contributed by atoms with E-state index in [9.17, 15) is 17.6 Å². The number of sulfonamides is 1. The van der Waals surface area contributed by atoms with Crippen molar-refractivity contribution in [2.45, 2.75) is 37.5 Å². The maximum Gasteiger partial charge on any atom is 0.291 e. The highest BCUT2D eigenvalue weighted by molar-refractivity contribution is 7.89. The molecule has 1 amide bonds. The largest absolute Gasteiger partial charge is 0.448 e. The first-order chi connectivity index (χ1) is 14.4. The lowest BCUT2D eigenvalue weighted by molar-refractivity contribution is 0.0997. The number of aryl methyl sites for hydroxylation is 1. The normalized spacial score (nSPS) is 15.8. The van der Waals surface area contributed by atoms with E-state index in [4.69, 9.17) is 4.42 Å². The Balaban J connectivity index is 1.60. The summed E-state index contributed by atoms with van der Waals surface area (Å²) in [5.74, 6) is -1.11. The van der Waals surface area contributed by atoms with Crippen molar-refractivity contribution in [3.8, 4) is 0 Å². The van der Waals surface area contributed by atoms with E-state index in [-0.39, 0.29) is 16.2 Å². The van der Waals surface area contributed by atoms with Crippen LogP contribution in [0.3, 0.4) is 0 Å². The van der Waals surface area contributed by atoms with Gasteiger partial charge < -0.3 is 9.73 Å². The second-order valence-corrected chi connectivity index (χ2v) is 9.41. The van der Waals surface area contributed by atoms with E-state index < -0.39 is 21.7 Å². The van der Waals surface area contributed by atoms with E-state index in [0.29, 0.717) is 29.7 Å². The molecule has 6 nitrogen and oxygen atoms in total. The number of hydrogen-bond acceptors (Lipinski definition) is 4. The lowest BCUT2D eigenvalue weighted by Crippen LogP contribution is -2.32. The molecule has 0 radical (unpaired) electrons. The van der Waals surface area contributed by atoms with E-state index in [1.807, 2.05) is 0 Å². The molecule has 0 aliphatic carbocycles. The van der Waals surface area contributed by atoms with E-state index >= 15 is 0 Å². The lowest BCUT2D eigenvalue weighted by atomic mass is 10.1. The van der Waals surface area contributed by atoms with Crippen molar-refractivity contribution in [3.05, 3.63) is 59.6 Å². The van der Waals surface area contributed by atoms with Gasteiger partial charge >= 0.3 is 0 Å². The maximum absolute atomic E-state index is 14.0. The Kier molecular flexibility index (Phi) is 5.62. The quantitative estimate of drug-likeness (QED) is 0.651. The molecule has 8 heteroatoms. The molecule has 1 saturated heterocycles. The first kappa shape index (κ1) is 20.6. The van der Waals surface area contributed by atoms with Gasteiger partial charge in [0.1, 0.15) is 0 Å². The Morgan fingerprint density at radius 3 is 2.47 bits per heavy atom. The van der Waals surface area contributed by atoms with E-state index in [2.05, 4.69) is 5.32 Å². The maximum atomic E-state index is 14.0. The minimum Gasteiger partial charge on any atom is -0.448 e. The van der Waals surface area contributed by atoms with Gasteiger partial charge in [-0.1, -0.05) is 31.0 Å². The molecule has 0 saturated carbocycles. The second kappa shape index (κ2) is 8.20. The Hall–Kier alpha value is -2.71. The van der Waals surface area contributed by atoms with E-state index in [1.165, 1.54) is 22.5 Å². The van der Waals surface area contributed by atoms with Gasteiger partial charge in [-0.2, -0.15) is 4.31 Å². The van der Waals surface area contributed by atoms with E-state index in [0.717, 1.165) is 25.7 Å². The van der Waals surface area contributed by atoms with Crippen LogP contribution >= 0.6 is 0 Å². The van der Waals surface area contributed by atoms with Gasteiger partial charge in [0.2, 0.25) is 10.0 Å². The zero-order valence-electron chi connectivity index (χ0n) is 16.7. The SMILES string of the molecule is Cc1c(C(=O)Nc2cccc(S(=O)(=O)N3CCCCCC3)c2)oc2c(F)cccc12.